The van der Waals surface area contributed by atoms with Gasteiger partial charge in [-0.25, -0.2) is 0 Å². The van der Waals surface area contributed by atoms with Crippen molar-refractivity contribution in [1.29, 1.82) is 0 Å². The number of fused-ring (bicyclic) bond motifs is 1. The van der Waals surface area contributed by atoms with E-state index in [-0.39, 0.29) is 29.7 Å². The van der Waals surface area contributed by atoms with Gasteiger partial charge in [0, 0.05) is 18.1 Å². The van der Waals surface area contributed by atoms with Crippen molar-refractivity contribution in [2.24, 2.45) is 5.92 Å². The van der Waals surface area contributed by atoms with E-state index < -0.39 is 11.3 Å². The van der Waals surface area contributed by atoms with Crippen LogP contribution >= 0.6 is 0 Å². The molecule has 2 atom stereocenters. The molecule has 1 N–H and O–H groups in total. The van der Waals surface area contributed by atoms with Gasteiger partial charge in [-0.15, -0.1) is 13.2 Å². The standard InChI is InChI=1S/C17H17F3N4O4/c18-17(19,20)28-12-5-1-10(2-6-12)7-21-13-8-23-9-14(24(25)26)22-16(23)27-15(13)11-3-4-11/h1-2,5-6,9,11,13,15,21H,3-4,7-8H2/t13-,15+/m0/s1. The van der Waals surface area contributed by atoms with Crippen molar-refractivity contribution in [2.75, 3.05) is 0 Å². The summed E-state index contributed by atoms with van der Waals surface area (Å²) in [6, 6.07) is 5.78. The first kappa shape index (κ1) is 18.5. The summed E-state index contributed by atoms with van der Waals surface area (Å²) in [5.74, 6) is -0.168. The number of nitro groups is 1. The molecule has 0 bridgehead atoms. The highest BCUT2D eigenvalue weighted by molar-refractivity contribution is 5.27. The zero-order valence-electron chi connectivity index (χ0n) is 14.6. The van der Waals surface area contributed by atoms with Crippen LogP contribution in [0.1, 0.15) is 18.4 Å². The summed E-state index contributed by atoms with van der Waals surface area (Å²) in [7, 11) is 0. The van der Waals surface area contributed by atoms with Crippen LogP contribution in [0, 0.1) is 16.0 Å². The second kappa shape index (κ2) is 6.97. The Bertz CT molecular complexity index is 864. The third kappa shape index (κ3) is 4.19. The number of hydrogen-bond acceptors (Lipinski definition) is 6. The Balaban J connectivity index is 1.42. The van der Waals surface area contributed by atoms with Gasteiger partial charge in [-0.2, -0.15) is 0 Å². The topological polar surface area (TPSA) is 91.5 Å². The monoisotopic (exact) mass is 398 g/mol. The second-order valence-corrected chi connectivity index (χ2v) is 6.89. The summed E-state index contributed by atoms with van der Waals surface area (Å²) in [5, 5.41) is 14.3. The first-order valence-corrected chi connectivity index (χ1v) is 8.75. The summed E-state index contributed by atoms with van der Waals surface area (Å²) >= 11 is 0. The normalized spacial score (nSPS) is 21.7. The van der Waals surface area contributed by atoms with Crippen LogP contribution in [0.4, 0.5) is 19.0 Å². The summed E-state index contributed by atoms with van der Waals surface area (Å²) in [4.78, 5) is 14.3. The van der Waals surface area contributed by atoms with Crippen LogP contribution in [0.3, 0.4) is 0 Å². The lowest BCUT2D eigenvalue weighted by Gasteiger charge is -2.32. The number of nitrogens with one attached hydrogen (secondary N) is 1. The molecule has 11 heteroatoms. The Kier molecular flexibility index (Phi) is 4.61. The van der Waals surface area contributed by atoms with E-state index in [1.807, 2.05) is 0 Å². The molecule has 1 fully saturated rings. The van der Waals surface area contributed by atoms with Gasteiger partial charge in [0.05, 0.1) is 6.04 Å². The molecule has 0 radical (unpaired) electrons. The Hall–Kier alpha value is -2.82. The van der Waals surface area contributed by atoms with Crippen molar-refractivity contribution in [3.63, 3.8) is 0 Å². The van der Waals surface area contributed by atoms with E-state index >= 15 is 0 Å². The van der Waals surface area contributed by atoms with Gasteiger partial charge < -0.3 is 24.9 Å². The van der Waals surface area contributed by atoms with Crippen molar-refractivity contribution in [3.8, 4) is 11.8 Å². The summed E-state index contributed by atoms with van der Waals surface area (Å²) in [6.07, 6.45) is -1.48. The zero-order chi connectivity index (χ0) is 19.9. The van der Waals surface area contributed by atoms with Crippen molar-refractivity contribution in [1.82, 2.24) is 14.9 Å². The van der Waals surface area contributed by atoms with E-state index in [1.165, 1.54) is 18.3 Å². The Labute approximate surface area is 157 Å². The molecule has 150 valence electrons. The molecule has 1 aliphatic carbocycles. The molecule has 28 heavy (non-hydrogen) atoms. The van der Waals surface area contributed by atoms with Crippen LogP contribution in [0.25, 0.3) is 0 Å². The van der Waals surface area contributed by atoms with E-state index in [1.54, 1.807) is 16.7 Å². The minimum atomic E-state index is -4.72. The SMILES string of the molecule is O=[N+]([O-])c1cn2c(n1)O[C@H](C1CC1)[C@@H](NCc1ccc(OC(F)(F)F)cc1)C2. The number of aromatic nitrogens is 2. The third-order valence-corrected chi connectivity index (χ3v) is 4.76. The highest BCUT2D eigenvalue weighted by Crippen LogP contribution is 2.39. The van der Waals surface area contributed by atoms with Crippen LogP contribution in [-0.2, 0) is 13.1 Å². The van der Waals surface area contributed by atoms with Gasteiger partial charge in [-0.3, -0.25) is 4.57 Å². The first-order chi connectivity index (χ1) is 13.3. The maximum absolute atomic E-state index is 12.2. The van der Waals surface area contributed by atoms with E-state index in [0.717, 1.165) is 18.4 Å². The molecule has 1 saturated carbocycles. The number of hydrogen-bond donors (Lipinski definition) is 1. The van der Waals surface area contributed by atoms with Crippen LogP contribution < -0.4 is 14.8 Å². The number of benzene rings is 1. The predicted molar refractivity (Wildman–Crippen MR) is 89.8 cm³/mol. The minimum Gasteiger partial charge on any atom is -0.440 e. The molecule has 2 aromatic rings. The fraction of sp³-hybridized carbons (Fsp3) is 0.471. The van der Waals surface area contributed by atoms with E-state index in [4.69, 9.17) is 4.74 Å². The molecule has 2 aliphatic rings. The molecule has 0 amide bonds. The van der Waals surface area contributed by atoms with E-state index in [2.05, 4.69) is 15.0 Å². The van der Waals surface area contributed by atoms with Crippen molar-refractivity contribution < 1.29 is 27.6 Å². The molecular formula is C17H17F3N4O4. The van der Waals surface area contributed by atoms with Crippen LogP contribution in [0.2, 0.25) is 0 Å². The van der Waals surface area contributed by atoms with Crippen LogP contribution in [0.5, 0.6) is 11.8 Å². The number of alkyl halides is 3. The van der Waals surface area contributed by atoms with Gasteiger partial charge >= 0.3 is 18.2 Å². The average molecular weight is 398 g/mol. The lowest BCUT2D eigenvalue weighted by atomic mass is 10.0. The Morgan fingerprint density at radius 1 is 1.32 bits per heavy atom. The molecule has 8 nitrogen and oxygen atoms in total. The van der Waals surface area contributed by atoms with Gasteiger partial charge in [0.2, 0.25) is 0 Å². The fourth-order valence-corrected chi connectivity index (χ4v) is 3.31. The van der Waals surface area contributed by atoms with Crippen molar-refractivity contribution >= 4 is 5.82 Å². The molecule has 4 rings (SSSR count). The van der Waals surface area contributed by atoms with Gasteiger partial charge in [-0.1, -0.05) is 12.1 Å². The fourth-order valence-electron chi connectivity index (χ4n) is 3.31. The summed E-state index contributed by atoms with van der Waals surface area (Å²) in [6.45, 7) is 0.877. The Morgan fingerprint density at radius 2 is 2.04 bits per heavy atom. The van der Waals surface area contributed by atoms with Gasteiger partial charge in [0.15, 0.2) is 0 Å². The first-order valence-electron chi connectivity index (χ1n) is 8.75. The molecular weight excluding hydrogens is 381 g/mol. The quantitative estimate of drug-likeness (QED) is 0.594. The molecule has 0 unspecified atom stereocenters. The smallest absolute Gasteiger partial charge is 0.440 e. The maximum Gasteiger partial charge on any atom is 0.573 e. The second-order valence-electron chi connectivity index (χ2n) is 6.89. The molecule has 1 aromatic heterocycles. The molecule has 0 spiro atoms. The number of rotatable bonds is 6. The van der Waals surface area contributed by atoms with Crippen molar-refractivity contribution in [2.45, 2.75) is 44.4 Å². The number of halogens is 3. The van der Waals surface area contributed by atoms with E-state index in [9.17, 15) is 23.3 Å². The van der Waals surface area contributed by atoms with Gasteiger partial charge in [0.25, 0.3) is 0 Å². The zero-order valence-corrected chi connectivity index (χ0v) is 14.6. The van der Waals surface area contributed by atoms with E-state index in [0.29, 0.717) is 19.0 Å². The number of ether oxygens (including phenoxy) is 2. The van der Waals surface area contributed by atoms with Gasteiger partial charge in [-0.05, 0) is 41.4 Å². The van der Waals surface area contributed by atoms with Crippen LogP contribution in [0.15, 0.2) is 30.5 Å². The molecule has 1 aliphatic heterocycles. The Morgan fingerprint density at radius 3 is 2.64 bits per heavy atom. The highest BCUT2D eigenvalue weighted by Gasteiger charge is 2.43. The lowest BCUT2D eigenvalue weighted by Crippen LogP contribution is -2.49. The number of imidazole rings is 1. The largest absolute Gasteiger partial charge is 0.573 e. The molecule has 0 saturated heterocycles. The lowest BCUT2D eigenvalue weighted by molar-refractivity contribution is -0.389. The average Bonchev–Trinajstić information content (AvgIpc) is 3.38. The van der Waals surface area contributed by atoms with Gasteiger partial charge in [0.1, 0.15) is 18.1 Å². The van der Waals surface area contributed by atoms with Crippen molar-refractivity contribution in [3.05, 3.63) is 46.1 Å². The van der Waals surface area contributed by atoms with Crippen LogP contribution in [-0.4, -0.2) is 33.0 Å². The highest BCUT2D eigenvalue weighted by atomic mass is 19.4. The molecule has 2 heterocycles. The summed E-state index contributed by atoms with van der Waals surface area (Å²) in [5.41, 5.74) is 0.784. The maximum atomic E-state index is 12.2. The summed E-state index contributed by atoms with van der Waals surface area (Å²) < 4.78 is 48.1. The third-order valence-electron chi connectivity index (χ3n) is 4.76. The predicted octanol–water partition coefficient (Wildman–Crippen LogP) is 3.02. The minimum absolute atomic E-state index is 0.0973. The number of nitrogens with zero attached hydrogens (tertiary/aromatic N) is 3. The molecule has 1 aromatic carbocycles.